The molecule has 0 saturated heterocycles. The Balaban J connectivity index is 3.92. The van der Waals surface area contributed by atoms with E-state index in [-0.39, 0.29) is 0 Å². The van der Waals surface area contributed by atoms with E-state index in [4.69, 9.17) is 5.11 Å². The molecule has 0 aliphatic heterocycles. The van der Waals surface area contributed by atoms with Crippen molar-refractivity contribution < 1.29 is 24.2 Å². The molecule has 5 heteroatoms. The first-order chi connectivity index (χ1) is 5.49. The molecule has 0 fully saturated rings. The largest absolute Gasteiger partial charge is 0.479 e. The summed E-state index contributed by atoms with van der Waals surface area (Å²) < 4.78 is 9.13. The van der Waals surface area contributed by atoms with Crippen LogP contribution in [0.4, 0.5) is 0 Å². The van der Waals surface area contributed by atoms with E-state index >= 15 is 0 Å². The molecular weight excluding hydrogens is 164 g/mol. The van der Waals surface area contributed by atoms with Crippen molar-refractivity contribution in [1.29, 1.82) is 0 Å². The Morgan fingerprint density at radius 1 is 1.25 bits per heavy atom. The smallest absolute Gasteiger partial charge is 0.344 e. The van der Waals surface area contributed by atoms with Crippen molar-refractivity contribution >= 4 is 11.9 Å². The average molecular weight is 176 g/mol. The molecule has 0 rings (SSSR count). The summed E-state index contributed by atoms with van der Waals surface area (Å²) in [4.78, 5) is 21.1. The van der Waals surface area contributed by atoms with Gasteiger partial charge >= 0.3 is 11.9 Å². The van der Waals surface area contributed by atoms with Crippen LogP contribution in [0.25, 0.3) is 0 Å². The van der Waals surface area contributed by atoms with E-state index in [0.717, 1.165) is 0 Å². The van der Waals surface area contributed by atoms with Gasteiger partial charge in [-0.05, 0) is 13.8 Å². The number of esters is 1. The zero-order valence-corrected chi connectivity index (χ0v) is 7.23. The highest BCUT2D eigenvalue weighted by Gasteiger charge is 2.20. The molecule has 1 N–H and O–H groups in total. The lowest BCUT2D eigenvalue weighted by Crippen LogP contribution is -2.30. The Hall–Kier alpha value is -1.10. The van der Waals surface area contributed by atoms with E-state index in [0.29, 0.717) is 0 Å². The summed E-state index contributed by atoms with van der Waals surface area (Å²) in [7, 11) is 1.34. The Morgan fingerprint density at radius 2 is 1.75 bits per heavy atom. The molecule has 0 spiro atoms. The zero-order chi connectivity index (χ0) is 9.72. The van der Waals surface area contributed by atoms with E-state index < -0.39 is 24.1 Å². The second-order valence-corrected chi connectivity index (χ2v) is 2.30. The fourth-order valence-electron chi connectivity index (χ4n) is 0.417. The average Bonchev–Trinajstić information content (AvgIpc) is 2.02. The minimum absolute atomic E-state index is 0.674. The third kappa shape index (κ3) is 3.34. The molecule has 0 aromatic rings. The number of carboxylic acid groups (broad SMARTS) is 1. The van der Waals surface area contributed by atoms with Gasteiger partial charge in [-0.25, -0.2) is 9.59 Å². The predicted octanol–water partition coefficient (Wildman–Crippen LogP) is 0.0376. The molecule has 0 saturated carbocycles. The van der Waals surface area contributed by atoms with Crippen molar-refractivity contribution in [2.45, 2.75) is 26.1 Å². The molecule has 0 bridgehead atoms. The molecule has 0 aromatic carbocycles. The van der Waals surface area contributed by atoms with Crippen LogP contribution in [-0.4, -0.2) is 36.4 Å². The first kappa shape index (κ1) is 10.9. The van der Waals surface area contributed by atoms with E-state index in [1.165, 1.54) is 21.0 Å². The summed E-state index contributed by atoms with van der Waals surface area (Å²) in [6.45, 7) is 2.76. The summed E-state index contributed by atoms with van der Waals surface area (Å²) in [5.41, 5.74) is 0. The number of ether oxygens (including phenoxy) is 2. The Kier molecular flexibility index (Phi) is 4.28. The van der Waals surface area contributed by atoms with Crippen molar-refractivity contribution in [2.75, 3.05) is 7.11 Å². The molecule has 2 atom stereocenters. The van der Waals surface area contributed by atoms with Gasteiger partial charge in [0.25, 0.3) is 0 Å². The highest BCUT2D eigenvalue weighted by atomic mass is 16.6. The van der Waals surface area contributed by atoms with Gasteiger partial charge in [-0.1, -0.05) is 0 Å². The summed E-state index contributed by atoms with van der Waals surface area (Å²) in [5, 5.41) is 8.37. The first-order valence-corrected chi connectivity index (χ1v) is 3.45. The lowest BCUT2D eigenvalue weighted by molar-refractivity contribution is -0.169. The van der Waals surface area contributed by atoms with Crippen molar-refractivity contribution in [3.8, 4) is 0 Å². The molecule has 12 heavy (non-hydrogen) atoms. The predicted molar refractivity (Wildman–Crippen MR) is 39.7 cm³/mol. The van der Waals surface area contributed by atoms with Crippen molar-refractivity contribution in [2.24, 2.45) is 0 Å². The van der Waals surface area contributed by atoms with Gasteiger partial charge in [-0.15, -0.1) is 0 Å². The topological polar surface area (TPSA) is 72.8 Å². The second kappa shape index (κ2) is 4.71. The fraction of sp³-hybridized carbons (Fsp3) is 0.714. The van der Waals surface area contributed by atoms with Crippen LogP contribution in [-0.2, 0) is 19.1 Å². The van der Waals surface area contributed by atoms with Crippen LogP contribution in [0, 0.1) is 0 Å². The lowest BCUT2D eigenvalue weighted by Gasteiger charge is -2.12. The first-order valence-electron chi connectivity index (χ1n) is 3.45. The van der Waals surface area contributed by atoms with Gasteiger partial charge in [0.05, 0.1) is 0 Å². The normalized spacial score (nSPS) is 14.9. The molecule has 70 valence electrons. The Morgan fingerprint density at radius 3 is 2.08 bits per heavy atom. The molecule has 0 radical (unpaired) electrons. The van der Waals surface area contributed by atoms with Crippen molar-refractivity contribution in [3.63, 3.8) is 0 Å². The van der Waals surface area contributed by atoms with Gasteiger partial charge in [0, 0.05) is 7.11 Å². The molecule has 0 heterocycles. The molecule has 0 aliphatic carbocycles. The molecule has 0 aliphatic rings. The second-order valence-electron chi connectivity index (χ2n) is 2.30. The Labute approximate surface area is 70.3 Å². The van der Waals surface area contributed by atoms with E-state index in [1.807, 2.05) is 0 Å². The van der Waals surface area contributed by atoms with E-state index in [9.17, 15) is 9.59 Å². The van der Waals surface area contributed by atoms with Gasteiger partial charge in [-0.3, -0.25) is 0 Å². The maximum Gasteiger partial charge on any atom is 0.344 e. The van der Waals surface area contributed by atoms with Gasteiger partial charge in [-0.2, -0.15) is 0 Å². The molecule has 0 amide bonds. The monoisotopic (exact) mass is 176 g/mol. The number of aliphatic carboxylic acids is 1. The SMILES string of the molecule is COC(C)C(=O)OC(C)C(=O)O. The van der Waals surface area contributed by atoms with Crippen molar-refractivity contribution in [3.05, 3.63) is 0 Å². The molecular formula is C7H12O5. The zero-order valence-electron chi connectivity index (χ0n) is 7.23. The minimum atomic E-state index is -1.17. The third-order valence-corrected chi connectivity index (χ3v) is 1.33. The number of hydrogen-bond donors (Lipinski definition) is 1. The van der Waals surface area contributed by atoms with Crippen LogP contribution in [0.3, 0.4) is 0 Å². The van der Waals surface area contributed by atoms with Crippen molar-refractivity contribution in [1.82, 2.24) is 0 Å². The third-order valence-electron chi connectivity index (χ3n) is 1.33. The number of carbonyl (C=O) groups excluding carboxylic acids is 1. The van der Waals surface area contributed by atoms with Crippen LogP contribution in [0.15, 0.2) is 0 Å². The minimum Gasteiger partial charge on any atom is -0.479 e. The standard InChI is InChI=1S/C7H12O5/c1-4(6(8)9)12-7(10)5(2)11-3/h4-5H,1-3H3,(H,8,9). The number of carboxylic acids is 1. The van der Waals surface area contributed by atoms with E-state index in [2.05, 4.69) is 9.47 Å². The molecule has 5 nitrogen and oxygen atoms in total. The van der Waals surface area contributed by atoms with E-state index in [1.54, 1.807) is 0 Å². The summed E-state index contributed by atoms with van der Waals surface area (Å²) in [6, 6.07) is 0. The quantitative estimate of drug-likeness (QED) is 0.612. The van der Waals surface area contributed by atoms with Crippen LogP contribution < -0.4 is 0 Å². The van der Waals surface area contributed by atoms with Crippen LogP contribution in [0.5, 0.6) is 0 Å². The number of methoxy groups -OCH3 is 1. The maximum atomic E-state index is 10.9. The van der Waals surface area contributed by atoms with Gasteiger partial charge in [0.15, 0.2) is 12.2 Å². The summed E-state index contributed by atoms with van der Waals surface area (Å²) in [6.07, 6.45) is -1.86. The van der Waals surface area contributed by atoms with Crippen LogP contribution >= 0.6 is 0 Å². The number of hydrogen-bond acceptors (Lipinski definition) is 4. The maximum absolute atomic E-state index is 10.9. The van der Waals surface area contributed by atoms with Crippen LogP contribution in [0.2, 0.25) is 0 Å². The summed E-state index contributed by atoms with van der Waals surface area (Å²) >= 11 is 0. The molecule has 2 unspecified atom stereocenters. The van der Waals surface area contributed by atoms with Gasteiger partial charge in [0.2, 0.25) is 0 Å². The fourth-order valence-corrected chi connectivity index (χ4v) is 0.417. The summed E-state index contributed by atoms with van der Waals surface area (Å²) in [5.74, 6) is -1.85. The highest BCUT2D eigenvalue weighted by molar-refractivity contribution is 5.79. The Bertz CT molecular complexity index is 177. The van der Waals surface area contributed by atoms with Crippen LogP contribution in [0.1, 0.15) is 13.8 Å². The highest BCUT2D eigenvalue weighted by Crippen LogP contribution is 1.97. The lowest BCUT2D eigenvalue weighted by atomic mass is 10.4. The number of carbonyl (C=O) groups is 2. The van der Waals surface area contributed by atoms with Gasteiger partial charge in [0.1, 0.15) is 0 Å². The van der Waals surface area contributed by atoms with Gasteiger partial charge < -0.3 is 14.6 Å². The number of rotatable bonds is 4. The molecule has 0 aromatic heterocycles.